The number of nitrogens with one attached hydrogen (secondary N) is 1. The molecule has 2 aromatic carbocycles. The Kier molecular flexibility index (Phi) is 7.05. The number of hydrogen-bond donors (Lipinski definition) is 1. The molecule has 0 saturated carbocycles. The molecule has 0 aliphatic rings. The Morgan fingerprint density at radius 1 is 1.08 bits per heavy atom. The molecule has 134 valence electrons. The van der Waals surface area contributed by atoms with Crippen molar-refractivity contribution in [1.29, 1.82) is 0 Å². The average molecular weight is 339 g/mol. The fraction of sp³-hybridized carbons (Fsp3) is 0.409. The van der Waals surface area contributed by atoms with E-state index >= 15 is 0 Å². The van der Waals surface area contributed by atoms with Gasteiger partial charge in [-0.3, -0.25) is 4.79 Å². The highest BCUT2D eigenvalue weighted by molar-refractivity contribution is 5.76. The monoisotopic (exact) mass is 339 g/mol. The number of hydrogen-bond acceptors (Lipinski definition) is 2. The maximum atomic E-state index is 12.4. The molecular formula is C22H29NO2. The lowest BCUT2D eigenvalue weighted by Gasteiger charge is -2.19. The largest absolute Gasteiger partial charge is 0.496 e. The second-order valence-electron chi connectivity index (χ2n) is 6.43. The molecule has 1 N–H and O–H groups in total. The van der Waals surface area contributed by atoms with Gasteiger partial charge in [0.1, 0.15) is 5.75 Å². The SMILES string of the molecule is CCc1ccc(CCC(=O)N[C@H](CC)c2ccc(OC)c(C)c2)cc1. The van der Waals surface area contributed by atoms with E-state index in [1.807, 2.05) is 19.1 Å². The predicted molar refractivity (Wildman–Crippen MR) is 103 cm³/mol. The number of rotatable bonds is 8. The van der Waals surface area contributed by atoms with Gasteiger partial charge in [0.05, 0.1) is 13.2 Å². The number of aryl methyl sites for hydroxylation is 3. The van der Waals surface area contributed by atoms with Crippen LogP contribution >= 0.6 is 0 Å². The van der Waals surface area contributed by atoms with Crippen LogP contribution in [0.15, 0.2) is 42.5 Å². The smallest absolute Gasteiger partial charge is 0.220 e. The molecule has 3 heteroatoms. The molecular weight excluding hydrogens is 310 g/mol. The Morgan fingerprint density at radius 2 is 1.76 bits per heavy atom. The van der Waals surface area contributed by atoms with Gasteiger partial charge in [-0.15, -0.1) is 0 Å². The number of amides is 1. The van der Waals surface area contributed by atoms with Crippen molar-refractivity contribution in [2.24, 2.45) is 0 Å². The lowest BCUT2D eigenvalue weighted by molar-refractivity contribution is -0.121. The zero-order valence-corrected chi connectivity index (χ0v) is 15.8. The summed E-state index contributed by atoms with van der Waals surface area (Å²) in [6.45, 7) is 6.26. The summed E-state index contributed by atoms with van der Waals surface area (Å²) >= 11 is 0. The fourth-order valence-corrected chi connectivity index (χ4v) is 3.01. The van der Waals surface area contributed by atoms with E-state index in [1.165, 1.54) is 11.1 Å². The quantitative estimate of drug-likeness (QED) is 0.752. The molecule has 3 nitrogen and oxygen atoms in total. The van der Waals surface area contributed by atoms with Crippen LogP contribution in [0.1, 0.15) is 55.0 Å². The van der Waals surface area contributed by atoms with Gasteiger partial charge >= 0.3 is 0 Å². The topological polar surface area (TPSA) is 38.3 Å². The fourth-order valence-electron chi connectivity index (χ4n) is 3.01. The number of methoxy groups -OCH3 is 1. The molecule has 1 atom stereocenters. The van der Waals surface area contributed by atoms with E-state index in [4.69, 9.17) is 4.74 Å². The molecule has 0 heterocycles. The highest BCUT2D eigenvalue weighted by atomic mass is 16.5. The maximum Gasteiger partial charge on any atom is 0.220 e. The van der Waals surface area contributed by atoms with Gasteiger partial charge in [-0.2, -0.15) is 0 Å². The molecule has 1 amide bonds. The van der Waals surface area contributed by atoms with E-state index in [0.717, 1.165) is 36.1 Å². The van der Waals surface area contributed by atoms with Gasteiger partial charge in [0.15, 0.2) is 0 Å². The van der Waals surface area contributed by atoms with Gasteiger partial charge in [-0.05, 0) is 54.5 Å². The highest BCUT2D eigenvalue weighted by Crippen LogP contribution is 2.24. The minimum Gasteiger partial charge on any atom is -0.496 e. The normalized spacial score (nSPS) is 11.8. The molecule has 0 radical (unpaired) electrons. The third kappa shape index (κ3) is 5.35. The molecule has 0 unspecified atom stereocenters. The molecule has 0 aliphatic heterocycles. The van der Waals surface area contributed by atoms with Crippen molar-refractivity contribution in [3.05, 3.63) is 64.7 Å². The average Bonchev–Trinajstić information content (AvgIpc) is 2.64. The Bertz CT molecular complexity index is 692. The van der Waals surface area contributed by atoms with Crippen LogP contribution in [-0.4, -0.2) is 13.0 Å². The Balaban J connectivity index is 1.93. The highest BCUT2D eigenvalue weighted by Gasteiger charge is 2.14. The molecule has 2 aromatic rings. The van der Waals surface area contributed by atoms with Crippen LogP contribution in [0.4, 0.5) is 0 Å². The summed E-state index contributed by atoms with van der Waals surface area (Å²) in [5.74, 6) is 0.973. The van der Waals surface area contributed by atoms with Crippen LogP contribution in [-0.2, 0) is 17.6 Å². The number of ether oxygens (including phenoxy) is 1. The first kappa shape index (κ1) is 19.0. The minimum absolute atomic E-state index is 0.0413. The van der Waals surface area contributed by atoms with E-state index in [2.05, 4.69) is 49.5 Å². The van der Waals surface area contributed by atoms with Crippen LogP contribution < -0.4 is 10.1 Å². The predicted octanol–water partition coefficient (Wildman–Crippen LogP) is 4.77. The van der Waals surface area contributed by atoms with Crippen LogP contribution in [0, 0.1) is 6.92 Å². The number of benzene rings is 2. The standard InChI is InChI=1S/C22H29NO2/c1-5-17-7-9-18(10-8-17)11-14-22(24)23-20(6-2)19-12-13-21(25-4)16(3)15-19/h7-10,12-13,15,20H,5-6,11,14H2,1-4H3,(H,23,24)/t20-/m1/s1. The van der Waals surface area contributed by atoms with Crippen molar-refractivity contribution in [3.63, 3.8) is 0 Å². The second-order valence-corrected chi connectivity index (χ2v) is 6.43. The Morgan fingerprint density at radius 3 is 2.32 bits per heavy atom. The Labute approximate surface area is 151 Å². The van der Waals surface area contributed by atoms with Crippen LogP contribution in [0.2, 0.25) is 0 Å². The van der Waals surface area contributed by atoms with E-state index in [0.29, 0.717) is 6.42 Å². The summed E-state index contributed by atoms with van der Waals surface area (Å²) in [7, 11) is 1.67. The van der Waals surface area contributed by atoms with E-state index in [1.54, 1.807) is 7.11 Å². The van der Waals surface area contributed by atoms with Gasteiger partial charge in [0.2, 0.25) is 5.91 Å². The summed E-state index contributed by atoms with van der Waals surface area (Å²) in [5.41, 5.74) is 4.75. The minimum atomic E-state index is 0.0413. The molecule has 0 saturated heterocycles. The van der Waals surface area contributed by atoms with Gasteiger partial charge < -0.3 is 10.1 Å². The molecule has 0 fully saturated rings. The van der Waals surface area contributed by atoms with Gasteiger partial charge in [0, 0.05) is 6.42 Å². The third-order valence-electron chi connectivity index (χ3n) is 4.64. The van der Waals surface area contributed by atoms with Crippen molar-refractivity contribution in [2.75, 3.05) is 7.11 Å². The molecule has 0 spiro atoms. The molecule has 0 aliphatic carbocycles. The van der Waals surface area contributed by atoms with Crippen LogP contribution in [0.25, 0.3) is 0 Å². The maximum absolute atomic E-state index is 12.4. The summed E-state index contributed by atoms with van der Waals surface area (Å²) < 4.78 is 5.31. The first-order valence-corrected chi connectivity index (χ1v) is 9.09. The third-order valence-corrected chi connectivity index (χ3v) is 4.64. The van der Waals surface area contributed by atoms with Gasteiger partial charge in [-0.25, -0.2) is 0 Å². The molecule has 0 bridgehead atoms. The summed E-state index contributed by atoms with van der Waals surface area (Å²) in [5, 5.41) is 3.16. The molecule has 0 aromatic heterocycles. The number of carbonyl (C=O) groups excluding carboxylic acids is 1. The van der Waals surface area contributed by atoms with Crippen molar-refractivity contribution < 1.29 is 9.53 Å². The lowest BCUT2D eigenvalue weighted by Crippen LogP contribution is -2.28. The van der Waals surface area contributed by atoms with Crippen molar-refractivity contribution in [3.8, 4) is 5.75 Å². The van der Waals surface area contributed by atoms with Gasteiger partial charge in [-0.1, -0.05) is 50.2 Å². The summed E-state index contributed by atoms with van der Waals surface area (Å²) in [4.78, 5) is 12.4. The zero-order valence-electron chi connectivity index (χ0n) is 15.8. The van der Waals surface area contributed by atoms with Gasteiger partial charge in [0.25, 0.3) is 0 Å². The summed E-state index contributed by atoms with van der Waals surface area (Å²) in [6.07, 6.45) is 3.19. The zero-order chi connectivity index (χ0) is 18.2. The first-order valence-electron chi connectivity index (χ1n) is 9.09. The number of carbonyl (C=O) groups is 1. The Hall–Kier alpha value is -2.29. The van der Waals surface area contributed by atoms with Crippen LogP contribution in [0.5, 0.6) is 5.75 Å². The van der Waals surface area contributed by atoms with E-state index < -0.39 is 0 Å². The van der Waals surface area contributed by atoms with Crippen molar-refractivity contribution in [2.45, 2.75) is 52.5 Å². The van der Waals surface area contributed by atoms with Crippen LogP contribution in [0.3, 0.4) is 0 Å². The first-order chi connectivity index (χ1) is 12.1. The van der Waals surface area contributed by atoms with E-state index in [-0.39, 0.29) is 11.9 Å². The van der Waals surface area contributed by atoms with Crippen molar-refractivity contribution in [1.82, 2.24) is 5.32 Å². The van der Waals surface area contributed by atoms with Crippen molar-refractivity contribution >= 4 is 5.91 Å². The molecule has 2 rings (SSSR count). The second kappa shape index (κ2) is 9.26. The molecule has 25 heavy (non-hydrogen) atoms. The summed E-state index contributed by atoms with van der Waals surface area (Å²) in [6, 6.07) is 14.7. The lowest BCUT2D eigenvalue weighted by atomic mass is 10.0. The van der Waals surface area contributed by atoms with E-state index in [9.17, 15) is 4.79 Å².